The molecule has 0 unspecified atom stereocenters. The maximum Gasteiger partial charge on any atom is 0.490 e. The van der Waals surface area contributed by atoms with Gasteiger partial charge in [-0.1, -0.05) is 0 Å². The van der Waals surface area contributed by atoms with Crippen molar-refractivity contribution >= 4 is 17.8 Å². The van der Waals surface area contributed by atoms with Crippen molar-refractivity contribution < 1.29 is 50.9 Å². The Kier molecular flexibility index (Phi) is 10.9. The molecule has 0 bridgehead atoms. The van der Waals surface area contributed by atoms with Gasteiger partial charge in [-0.15, -0.1) is 0 Å². The van der Waals surface area contributed by atoms with Crippen LogP contribution in [0.3, 0.4) is 0 Å². The summed E-state index contributed by atoms with van der Waals surface area (Å²) in [4.78, 5) is 41.9. The number of halogens is 6. The molecule has 0 radical (unpaired) electrons. The number of hydrogen-bond donors (Lipinski definition) is 3. The molecule has 3 N–H and O–H groups in total. The van der Waals surface area contributed by atoms with Crippen LogP contribution in [0.15, 0.2) is 42.9 Å². The van der Waals surface area contributed by atoms with E-state index in [1.165, 1.54) is 5.56 Å². The number of carboxylic acids is 2. The summed E-state index contributed by atoms with van der Waals surface area (Å²) in [5, 5.41) is 14.2. The van der Waals surface area contributed by atoms with Crippen LogP contribution in [0.2, 0.25) is 0 Å². The van der Waals surface area contributed by atoms with Crippen molar-refractivity contribution in [2.75, 3.05) is 20.6 Å². The first kappa shape index (κ1) is 30.4. The van der Waals surface area contributed by atoms with Crippen LogP contribution in [-0.4, -0.2) is 92.9 Å². The van der Waals surface area contributed by atoms with E-state index in [1.807, 2.05) is 41.6 Å². The number of aliphatic carboxylic acids is 2. The fourth-order valence-electron chi connectivity index (χ4n) is 3.32. The minimum Gasteiger partial charge on any atom is -0.475 e. The van der Waals surface area contributed by atoms with Crippen LogP contribution in [0, 0.1) is 0 Å². The molecule has 0 saturated carbocycles. The summed E-state index contributed by atoms with van der Waals surface area (Å²) in [7, 11) is 4.18. The van der Waals surface area contributed by atoms with Gasteiger partial charge in [0.1, 0.15) is 5.69 Å². The second-order valence-corrected chi connectivity index (χ2v) is 7.63. The maximum absolute atomic E-state index is 12.7. The monoisotopic (exact) mass is 526 g/mol. The molecule has 2 atom stereocenters. The Morgan fingerprint density at radius 1 is 1.03 bits per heavy atom. The number of H-pyrrole nitrogens is 1. The van der Waals surface area contributed by atoms with Crippen molar-refractivity contribution in [3.05, 3.63) is 54.1 Å². The minimum atomic E-state index is -5.08. The van der Waals surface area contributed by atoms with Crippen LogP contribution in [0.1, 0.15) is 22.5 Å². The first-order valence-electron chi connectivity index (χ1n) is 10.2. The van der Waals surface area contributed by atoms with E-state index < -0.39 is 24.3 Å². The van der Waals surface area contributed by atoms with E-state index in [0.29, 0.717) is 11.7 Å². The second kappa shape index (κ2) is 12.9. The number of amides is 1. The van der Waals surface area contributed by atoms with E-state index in [-0.39, 0.29) is 11.9 Å². The lowest BCUT2D eigenvalue weighted by atomic mass is 10.00. The maximum atomic E-state index is 12.7. The van der Waals surface area contributed by atoms with Gasteiger partial charge in [0, 0.05) is 31.2 Å². The van der Waals surface area contributed by atoms with Gasteiger partial charge in [0.15, 0.2) is 0 Å². The standard InChI is InChI=1S/C17H22N4O.2C2HF3O2/c1-20(2)15-7-11-21(17(22)14-4-3-8-19-14)16(15)12-13-5-9-18-10-6-13;2*3-2(4,5)1(6)7/h3-6,8-10,15-16,19H,7,11-12H2,1-2H3;2*(H,6,7)/t15-,16+;;/m1../s1. The van der Waals surface area contributed by atoms with E-state index >= 15 is 0 Å². The first-order chi connectivity index (χ1) is 16.6. The molecule has 9 nitrogen and oxygen atoms in total. The molecule has 0 aliphatic carbocycles. The van der Waals surface area contributed by atoms with E-state index in [1.54, 1.807) is 6.20 Å². The molecule has 15 heteroatoms. The molecular formula is C21H24F6N4O5. The van der Waals surface area contributed by atoms with Crippen molar-refractivity contribution in [2.45, 2.75) is 37.3 Å². The third-order valence-electron chi connectivity index (χ3n) is 4.94. The Morgan fingerprint density at radius 2 is 1.53 bits per heavy atom. The summed E-state index contributed by atoms with van der Waals surface area (Å²) < 4.78 is 63.5. The number of carboxylic acid groups (broad SMARTS) is 2. The summed E-state index contributed by atoms with van der Waals surface area (Å²) in [6.07, 6.45) is -2.88. The van der Waals surface area contributed by atoms with Crippen molar-refractivity contribution in [1.29, 1.82) is 0 Å². The second-order valence-electron chi connectivity index (χ2n) is 7.63. The number of nitrogens with zero attached hydrogens (tertiary/aromatic N) is 3. The van der Waals surface area contributed by atoms with Crippen LogP contribution < -0.4 is 0 Å². The zero-order valence-corrected chi connectivity index (χ0v) is 19.0. The number of pyridine rings is 1. The quantitative estimate of drug-likeness (QED) is 0.523. The summed E-state index contributed by atoms with van der Waals surface area (Å²) in [6.45, 7) is 0.802. The number of aromatic amines is 1. The summed E-state index contributed by atoms with van der Waals surface area (Å²) in [5.41, 5.74) is 1.89. The van der Waals surface area contributed by atoms with Gasteiger partial charge < -0.3 is 25.0 Å². The van der Waals surface area contributed by atoms with E-state index in [2.05, 4.69) is 29.0 Å². The van der Waals surface area contributed by atoms with Crippen LogP contribution >= 0.6 is 0 Å². The molecular weight excluding hydrogens is 502 g/mol. The molecule has 1 aliphatic rings. The van der Waals surface area contributed by atoms with Crippen molar-refractivity contribution in [2.24, 2.45) is 0 Å². The third kappa shape index (κ3) is 9.56. The first-order valence-corrected chi connectivity index (χ1v) is 10.2. The van der Waals surface area contributed by atoms with Gasteiger partial charge in [-0.3, -0.25) is 9.78 Å². The lowest BCUT2D eigenvalue weighted by Gasteiger charge is -2.31. The van der Waals surface area contributed by atoms with E-state index in [0.717, 1.165) is 19.4 Å². The number of carbonyl (C=O) groups excluding carboxylic acids is 1. The van der Waals surface area contributed by atoms with Crippen LogP contribution in [-0.2, 0) is 16.0 Å². The Hall–Kier alpha value is -3.62. The lowest BCUT2D eigenvalue weighted by molar-refractivity contribution is -0.193. The largest absolute Gasteiger partial charge is 0.490 e. The molecule has 3 heterocycles. The number of aromatic nitrogens is 2. The molecule has 36 heavy (non-hydrogen) atoms. The van der Waals surface area contributed by atoms with Gasteiger partial charge in [-0.25, -0.2) is 9.59 Å². The predicted molar refractivity (Wildman–Crippen MR) is 113 cm³/mol. The van der Waals surface area contributed by atoms with Crippen molar-refractivity contribution in [3.8, 4) is 0 Å². The fraction of sp³-hybridized carbons (Fsp3) is 0.429. The van der Waals surface area contributed by atoms with E-state index in [4.69, 9.17) is 19.8 Å². The zero-order chi connectivity index (χ0) is 27.7. The smallest absolute Gasteiger partial charge is 0.475 e. The topological polar surface area (TPSA) is 127 Å². The normalized spacial score (nSPS) is 17.5. The summed E-state index contributed by atoms with van der Waals surface area (Å²) in [5.74, 6) is -5.42. The molecule has 1 saturated heterocycles. The van der Waals surface area contributed by atoms with Gasteiger partial charge in [0.2, 0.25) is 0 Å². The number of carbonyl (C=O) groups is 3. The fourth-order valence-corrected chi connectivity index (χ4v) is 3.32. The average molecular weight is 526 g/mol. The molecule has 1 amide bonds. The van der Waals surface area contributed by atoms with Crippen molar-refractivity contribution in [3.63, 3.8) is 0 Å². The highest BCUT2D eigenvalue weighted by atomic mass is 19.4. The van der Waals surface area contributed by atoms with Crippen LogP contribution in [0.4, 0.5) is 26.3 Å². The Morgan fingerprint density at radius 3 is 1.92 bits per heavy atom. The average Bonchev–Trinajstić information content (AvgIpc) is 3.44. The van der Waals surface area contributed by atoms with E-state index in [9.17, 15) is 31.1 Å². The number of likely N-dealkylation sites (tertiary alicyclic amines) is 1. The number of nitrogens with one attached hydrogen (secondary N) is 1. The molecule has 3 rings (SSSR count). The highest BCUT2D eigenvalue weighted by molar-refractivity contribution is 5.93. The molecule has 2 aromatic heterocycles. The summed E-state index contributed by atoms with van der Waals surface area (Å²) in [6, 6.07) is 8.34. The van der Waals surface area contributed by atoms with Crippen LogP contribution in [0.25, 0.3) is 0 Å². The highest BCUT2D eigenvalue weighted by Crippen LogP contribution is 2.26. The Labute approximate surface area is 201 Å². The minimum absolute atomic E-state index is 0.0911. The number of likely N-dealkylation sites (N-methyl/N-ethyl adjacent to an activating group) is 1. The number of alkyl halides is 6. The molecule has 1 fully saturated rings. The molecule has 2 aromatic rings. The van der Waals surface area contributed by atoms with Crippen molar-refractivity contribution in [1.82, 2.24) is 19.8 Å². The Balaban J connectivity index is 0.000000383. The number of rotatable bonds is 4. The van der Waals surface area contributed by atoms with Crippen LogP contribution in [0.5, 0.6) is 0 Å². The van der Waals surface area contributed by atoms with Gasteiger partial charge in [-0.05, 0) is 56.8 Å². The van der Waals surface area contributed by atoms with Gasteiger partial charge >= 0.3 is 24.3 Å². The SMILES string of the molecule is CN(C)[C@@H]1CCN(C(=O)c2ccc[nH]2)[C@H]1Cc1ccncc1.O=C(O)C(F)(F)F.O=C(O)C(F)(F)F. The van der Waals surface area contributed by atoms with Gasteiger partial charge in [0.25, 0.3) is 5.91 Å². The third-order valence-corrected chi connectivity index (χ3v) is 4.94. The van der Waals surface area contributed by atoms with Gasteiger partial charge in [0.05, 0.1) is 6.04 Å². The summed E-state index contributed by atoms with van der Waals surface area (Å²) >= 11 is 0. The lowest BCUT2D eigenvalue weighted by Crippen LogP contribution is -2.45. The Bertz CT molecular complexity index is 957. The van der Waals surface area contributed by atoms with Gasteiger partial charge in [-0.2, -0.15) is 26.3 Å². The molecule has 0 aromatic carbocycles. The zero-order valence-electron chi connectivity index (χ0n) is 19.0. The molecule has 0 spiro atoms. The molecule has 200 valence electrons. The molecule has 1 aliphatic heterocycles. The highest BCUT2D eigenvalue weighted by Gasteiger charge is 2.39. The number of hydrogen-bond acceptors (Lipinski definition) is 5. The predicted octanol–water partition coefficient (Wildman–Crippen LogP) is 3.06.